The van der Waals surface area contributed by atoms with Gasteiger partial charge in [0.25, 0.3) is 0 Å². The van der Waals surface area contributed by atoms with Crippen LogP contribution in [0.3, 0.4) is 0 Å². The van der Waals surface area contributed by atoms with E-state index < -0.39 is 15.9 Å². The fourth-order valence-corrected chi connectivity index (χ4v) is 2.86. The highest BCUT2D eigenvalue weighted by atomic mass is 32.2. The van der Waals surface area contributed by atoms with Crippen molar-refractivity contribution in [1.29, 1.82) is 0 Å². The molecule has 0 aliphatic rings. The van der Waals surface area contributed by atoms with E-state index in [1.165, 1.54) is 23.5 Å². The Labute approximate surface area is 110 Å². The summed E-state index contributed by atoms with van der Waals surface area (Å²) < 4.78 is 22.6. The van der Waals surface area contributed by atoms with Gasteiger partial charge in [-0.2, -0.15) is 0 Å². The minimum Gasteiger partial charge on any atom is -0.388 e. The zero-order valence-electron chi connectivity index (χ0n) is 9.78. The topological polar surface area (TPSA) is 67.3 Å². The van der Waals surface area contributed by atoms with Crippen molar-refractivity contribution in [3.8, 4) is 0 Å². The molecule has 0 aliphatic heterocycles. The Morgan fingerprint density at radius 1 is 1.33 bits per heavy atom. The second kappa shape index (κ2) is 5.17. The number of hydrogen-bond acceptors (Lipinski definition) is 5. The third-order valence-electron chi connectivity index (χ3n) is 2.54. The van der Waals surface area contributed by atoms with E-state index in [4.69, 9.17) is 0 Å². The van der Waals surface area contributed by atoms with Crippen LogP contribution in [0.15, 0.2) is 40.7 Å². The van der Waals surface area contributed by atoms with Crippen molar-refractivity contribution in [3.63, 3.8) is 0 Å². The van der Waals surface area contributed by atoms with Gasteiger partial charge in [0.1, 0.15) is 0 Å². The number of aliphatic hydroxyl groups excluding tert-OH is 1. The number of rotatable bonds is 4. The Bertz CT molecular complexity index is 603. The first-order chi connectivity index (χ1) is 8.47. The number of nitrogens with zero attached hydrogens (tertiary/aromatic N) is 1. The van der Waals surface area contributed by atoms with E-state index >= 15 is 0 Å². The quantitative estimate of drug-likeness (QED) is 0.929. The smallest absolute Gasteiger partial charge is 0.175 e. The van der Waals surface area contributed by atoms with Gasteiger partial charge in [0.2, 0.25) is 0 Å². The molecule has 0 bridgehead atoms. The lowest BCUT2D eigenvalue weighted by Gasteiger charge is -2.09. The molecule has 0 saturated heterocycles. The van der Waals surface area contributed by atoms with Crippen LogP contribution in [0.4, 0.5) is 0 Å². The lowest BCUT2D eigenvalue weighted by molar-refractivity contribution is 0.178. The second-order valence-corrected chi connectivity index (χ2v) is 6.98. The van der Waals surface area contributed by atoms with E-state index in [9.17, 15) is 13.5 Å². The van der Waals surface area contributed by atoms with E-state index in [0.29, 0.717) is 12.0 Å². The molecule has 1 aromatic carbocycles. The molecule has 0 radical (unpaired) electrons. The predicted molar refractivity (Wildman–Crippen MR) is 70.3 cm³/mol. The average Bonchev–Trinajstić information content (AvgIpc) is 2.81. The fraction of sp³-hybridized carbons (Fsp3) is 0.250. The summed E-state index contributed by atoms with van der Waals surface area (Å²) in [6, 6.07) is 6.29. The molecule has 1 unspecified atom stereocenters. The Morgan fingerprint density at radius 3 is 2.50 bits per heavy atom. The molecule has 0 spiro atoms. The molecule has 1 heterocycles. The molecular weight excluding hydrogens is 270 g/mol. The van der Waals surface area contributed by atoms with Gasteiger partial charge < -0.3 is 5.11 Å². The Hall–Kier alpha value is -1.24. The van der Waals surface area contributed by atoms with Gasteiger partial charge in [0, 0.05) is 24.3 Å². The highest BCUT2D eigenvalue weighted by Gasteiger charge is 2.12. The van der Waals surface area contributed by atoms with Gasteiger partial charge >= 0.3 is 0 Å². The van der Waals surface area contributed by atoms with Crippen molar-refractivity contribution in [2.45, 2.75) is 17.4 Å². The van der Waals surface area contributed by atoms with Crippen LogP contribution in [0, 0.1) is 0 Å². The van der Waals surface area contributed by atoms with Crippen molar-refractivity contribution in [3.05, 3.63) is 46.4 Å². The Morgan fingerprint density at radius 2 is 2.00 bits per heavy atom. The van der Waals surface area contributed by atoms with Gasteiger partial charge in [-0.1, -0.05) is 12.1 Å². The van der Waals surface area contributed by atoms with Gasteiger partial charge in [-0.15, -0.1) is 11.3 Å². The van der Waals surface area contributed by atoms with Crippen LogP contribution in [0.1, 0.15) is 16.7 Å². The van der Waals surface area contributed by atoms with Gasteiger partial charge in [-0.25, -0.2) is 13.4 Å². The zero-order chi connectivity index (χ0) is 13.2. The Balaban J connectivity index is 2.14. The van der Waals surface area contributed by atoms with Gasteiger partial charge in [0.05, 0.1) is 16.0 Å². The summed E-state index contributed by atoms with van der Waals surface area (Å²) in [6.45, 7) is 0. The lowest BCUT2D eigenvalue weighted by atomic mass is 10.1. The normalized spacial score (nSPS) is 13.4. The first-order valence-electron chi connectivity index (χ1n) is 5.33. The highest BCUT2D eigenvalue weighted by molar-refractivity contribution is 7.90. The molecule has 1 atom stereocenters. The van der Waals surface area contributed by atoms with Crippen molar-refractivity contribution >= 4 is 21.2 Å². The number of sulfone groups is 1. The molecule has 4 nitrogen and oxygen atoms in total. The molecule has 18 heavy (non-hydrogen) atoms. The van der Waals surface area contributed by atoms with Crippen LogP contribution >= 0.6 is 11.3 Å². The maximum absolute atomic E-state index is 11.3. The number of thiazole rings is 1. The number of aliphatic hydroxyl groups is 1. The molecular formula is C12H13NO3S2. The maximum Gasteiger partial charge on any atom is 0.175 e. The fourth-order valence-electron chi connectivity index (χ4n) is 1.57. The van der Waals surface area contributed by atoms with E-state index in [1.807, 2.05) is 5.38 Å². The summed E-state index contributed by atoms with van der Waals surface area (Å²) in [5, 5.41) is 12.7. The first-order valence-corrected chi connectivity index (χ1v) is 8.10. The molecule has 1 aromatic heterocycles. The van der Waals surface area contributed by atoms with Crippen LogP contribution in [-0.4, -0.2) is 24.8 Å². The number of hydrogen-bond donors (Lipinski definition) is 1. The zero-order valence-corrected chi connectivity index (χ0v) is 11.4. The third-order valence-corrected chi connectivity index (χ3v) is 4.47. The molecule has 0 fully saturated rings. The van der Waals surface area contributed by atoms with Crippen molar-refractivity contribution in [2.75, 3.05) is 6.26 Å². The number of benzene rings is 1. The monoisotopic (exact) mass is 283 g/mol. The average molecular weight is 283 g/mol. The van der Waals surface area contributed by atoms with Crippen LogP contribution in [0.25, 0.3) is 0 Å². The minimum absolute atomic E-state index is 0.257. The molecule has 96 valence electrons. The standard InChI is InChI=1S/C12H13NO3S2/c1-18(15,16)10-4-2-9(3-5-10)11(14)8-12-13-6-7-17-12/h2-7,11,14H,8H2,1H3. The van der Waals surface area contributed by atoms with E-state index in [2.05, 4.69) is 4.98 Å². The number of aromatic nitrogens is 1. The summed E-state index contributed by atoms with van der Waals surface area (Å²) in [7, 11) is -3.19. The van der Waals surface area contributed by atoms with E-state index in [1.54, 1.807) is 18.3 Å². The molecule has 0 aliphatic carbocycles. The summed E-state index contributed by atoms with van der Waals surface area (Å²) >= 11 is 1.49. The van der Waals surface area contributed by atoms with Crippen molar-refractivity contribution in [2.24, 2.45) is 0 Å². The lowest BCUT2D eigenvalue weighted by Crippen LogP contribution is -2.03. The van der Waals surface area contributed by atoms with Crippen LogP contribution in [0.2, 0.25) is 0 Å². The first kappa shape index (κ1) is 13.2. The SMILES string of the molecule is CS(=O)(=O)c1ccc(C(O)Cc2nccs2)cc1. The highest BCUT2D eigenvalue weighted by Crippen LogP contribution is 2.21. The van der Waals surface area contributed by atoms with E-state index in [-0.39, 0.29) is 4.90 Å². The minimum atomic E-state index is -3.19. The summed E-state index contributed by atoms with van der Waals surface area (Å²) in [6.07, 6.45) is 2.63. The largest absolute Gasteiger partial charge is 0.388 e. The van der Waals surface area contributed by atoms with Crippen molar-refractivity contribution in [1.82, 2.24) is 4.98 Å². The van der Waals surface area contributed by atoms with Crippen LogP contribution in [0.5, 0.6) is 0 Å². The van der Waals surface area contributed by atoms with Crippen molar-refractivity contribution < 1.29 is 13.5 Å². The molecule has 6 heteroatoms. The van der Waals surface area contributed by atoms with E-state index in [0.717, 1.165) is 11.3 Å². The molecule has 2 aromatic rings. The van der Waals surface area contributed by atoms with Crippen LogP contribution < -0.4 is 0 Å². The summed E-state index contributed by atoms with van der Waals surface area (Å²) in [5.74, 6) is 0. The summed E-state index contributed by atoms with van der Waals surface area (Å²) in [4.78, 5) is 4.36. The van der Waals surface area contributed by atoms with Crippen LogP contribution in [-0.2, 0) is 16.3 Å². The van der Waals surface area contributed by atoms with Gasteiger partial charge in [-0.3, -0.25) is 0 Å². The Kier molecular flexibility index (Phi) is 3.79. The molecule has 0 amide bonds. The maximum atomic E-state index is 11.3. The second-order valence-electron chi connectivity index (χ2n) is 3.99. The molecule has 0 saturated carbocycles. The van der Waals surface area contributed by atoms with Gasteiger partial charge in [-0.05, 0) is 17.7 Å². The molecule has 1 N–H and O–H groups in total. The predicted octanol–water partition coefficient (Wildman–Crippen LogP) is 1.82. The molecule has 2 rings (SSSR count). The van der Waals surface area contributed by atoms with Gasteiger partial charge in [0.15, 0.2) is 9.84 Å². The third kappa shape index (κ3) is 3.16. The summed E-state index contributed by atoms with van der Waals surface area (Å²) in [5.41, 5.74) is 0.692.